The Labute approximate surface area is 142 Å². The van der Waals surface area contributed by atoms with Crippen LogP contribution in [-0.2, 0) is 19.1 Å². The van der Waals surface area contributed by atoms with E-state index in [1.165, 1.54) is 0 Å². The fraction of sp³-hybridized carbons (Fsp3) is 0.875. The van der Waals surface area contributed by atoms with Crippen LogP contribution in [0, 0.1) is 5.92 Å². The Kier molecular flexibility index (Phi) is 5.83. The van der Waals surface area contributed by atoms with Crippen LogP contribution in [-0.4, -0.2) is 92.5 Å². The van der Waals surface area contributed by atoms with Gasteiger partial charge in [0.1, 0.15) is 6.79 Å². The number of nitrogens with one attached hydrogen (secondary N) is 2. The van der Waals surface area contributed by atoms with E-state index in [9.17, 15) is 9.59 Å². The van der Waals surface area contributed by atoms with Crippen LogP contribution in [0.15, 0.2) is 0 Å². The average Bonchev–Trinajstić information content (AvgIpc) is 2.60. The smallest absolute Gasteiger partial charge is 0.240 e. The van der Waals surface area contributed by atoms with Crippen molar-refractivity contribution < 1.29 is 19.1 Å². The first kappa shape index (κ1) is 17.8. The molecule has 0 aromatic rings. The lowest BCUT2D eigenvalue weighted by Crippen LogP contribution is -2.64. The highest BCUT2D eigenvalue weighted by atomic mass is 16.7. The predicted octanol–water partition coefficient (Wildman–Crippen LogP) is -1.38. The van der Waals surface area contributed by atoms with Crippen molar-refractivity contribution in [1.82, 2.24) is 20.4 Å². The highest BCUT2D eigenvalue weighted by Crippen LogP contribution is 2.23. The third-order valence-electron chi connectivity index (χ3n) is 5.47. The van der Waals surface area contributed by atoms with E-state index in [4.69, 9.17) is 9.47 Å². The topological polar surface area (TPSA) is 83.1 Å². The molecule has 24 heavy (non-hydrogen) atoms. The van der Waals surface area contributed by atoms with Crippen LogP contribution < -0.4 is 10.6 Å². The molecule has 3 heterocycles. The van der Waals surface area contributed by atoms with Gasteiger partial charge in [-0.15, -0.1) is 0 Å². The van der Waals surface area contributed by atoms with Crippen molar-refractivity contribution in [2.45, 2.75) is 32.0 Å². The van der Waals surface area contributed by atoms with Gasteiger partial charge < -0.3 is 14.8 Å². The molecule has 3 atom stereocenters. The highest BCUT2D eigenvalue weighted by molar-refractivity contribution is 5.99. The lowest BCUT2D eigenvalue weighted by Gasteiger charge is -2.48. The Morgan fingerprint density at radius 3 is 2.42 bits per heavy atom. The lowest BCUT2D eigenvalue weighted by molar-refractivity contribution is -0.147. The Morgan fingerprint density at radius 1 is 1.08 bits per heavy atom. The zero-order valence-electron chi connectivity index (χ0n) is 14.5. The molecular formula is C16H28N4O4. The number of imide groups is 1. The SMILES string of the molecule is CC(C(C)N1CCNCC1C1COCOC1)N1CC(=O)NC(=O)C1. The molecule has 2 N–H and O–H groups in total. The van der Waals surface area contributed by atoms with E-state index >= 15 is 0 Å². The van der Waals surface area contributed by atoms with E-state index < -0.39 is 0 Å². The number of ether oxygens (including phenoxy) is 2. The molecule has 0 aliphatic carbocycles. The lowest BCUT2D eigenvalue weighted by atomic mass is 9.94. The van der Waals surface area contributed by atoms with Crippen LogP contribution in [0.5, 0.6) is 0 Å². The molecule has 3 rings (SSSR count). The molecule has 3 aliphatic rings. The molecule has 3 aliphatic heterocycles. The summed E-state index contributed by atoms with van der Waals surface area (Å²) in [4.78, 5) is 27.8. The van der Waals surface area contributed by atoms with Gasteiger partial charge in [-0.05, 0) is 13.8 Å². The number of hydrogen-bond donors (Lipinski definition) is 2. The van der Waals surface area contributed by atoms with Crippen molar-refractivity contribution >= 4 is 11.8 Å². The molecule has 2 amide bonds. The molecule has 8 nitrogen and oxygen atoms in total. The van der Waals surface area contributed by atoms with E-state index in [2.05, 4.69) is 29.4 Å². The molecule has 8 heteroatoms. The van der Waals surface area contributed by atoms with Crippen LogP contribution in [0.1, 0.15) is 13.8 Å². The highest BCUT2D eigenvalue weighted by Gasteiger charge is 2.38. The quantitative estimate of drug-likeness (QED) is 0.610. The summed E-state index contributed by atoms with van der Waals surface area (Å²) < 4.78 is 11.0. The van der Waals surface area contributed by atoms with Gasteiger partial charge in [-0.25, -0.2) is 0 Å². The number of amides is 2. The summed E-state index contributed by atoms with van der Waals surface area (Å²) >= 11 is 0. The summed E-state index contributed by atoms with van der Waals surface area (Å²) in [6.07, 6.45) is 0. The van der Waals surface area contributed by atoms with E-state index in [0.29, 0.717) is 32.0 Å². The zero-order chi connectivity index (χ0) is 17.1. The third-order valence-corrected chi connectivity index (χ3v) is 5.47. The molecule has 0 aromatic heterocycles. The molecule has 0 saturated carbocycles. The molecule has 136 valence electrons. The summed E-state index contributed by atoms with van der Waals surface area (Å²) in [5.41, 5.74) is 0. The molecule has 3 saturated heterocycles. The van der Waals surface area contributed by atoms with E-state index in [1.807, 2.05) is 4.90 Å². The molecule has 0 spiro atoms. The van der Waals surface area contributed by atoms with Crippen molar-refractivity contribution in [2.24, 2.45) is 5.92 Å². The average molecular weight is 340 g/mol. The maximum atomic E-state index is 11.7. The molecular weight excluding hydrogens is 312 g/mol. The second kappa shape index (κ2) is 7.88. The van der Waals surface area contributed by atoms with Gasteiger partial charge in [-0.1, -0.05) is 0 Å². The first-order chi connectivity index (χ1) is 11.6. The molecule has 0 radical (unpaired) electrons. The normalized spacial score (nSPS) is 30.8. The van der Waals surface area contributed by atoms with Gasteiger partial charge in [-0.2, -0.15) is 0 Å². The van der Waals surface area contributed by atoms with Crippen LogP contribution >= 0.6 is 0 Å². The van der Waals surface area contributed by atoms with E-state index in [1.54, 1.807) is 0 Å². The number of hydrogen-bond acceptors (Lipinski definition) is 7. The van der Waals surface area contributed by atoms with Crippen molar-refractivity contribution in [3.05, 3.63) is 0 Å². The van der Waals surface area contributed by atoms with Crippen molar-refractivity contribution in [3.63, 3.8) is 0 Å². The van der Waals surface area contributed by atoms with Crippen LogP contribution in [0.25, 0.3) is 0 Å². The van der Waals surface area contributed by atoms with Gasteiger partial charge in [-0.3, -0.25) is 24.7 Å². The van der Waals surface area contributed by atoms with Crippen LogP contribution in [0.3, 0.4) is 0 Å². The predicted molar refractivity (Wildman–Crippen MR) is 87.3 cm³/mol. The van der Waals surface area contributed by atoms with Crippen molar-refractivity contribution in [3.8, 4) is 0 Å². The number of carbonyl (C=O) groups is 2. The summed E-state index contributed by atoms with van der Waals surface area (Å²) in [5, 5.41) is 5.83. The Balaban J connectivity index is 1.67. The number of nitrogens with zero attached hydrogens (tertiary/aromatic N) is 2. The molecule has 3 fully saturated rings. The van der Waals surface area contributed by atoms with Gasteiger partial charge in [0.15, 0.2) is 0 Å². The van der Waals surface area contributed by atoms with Gasteiger partial charge in [0.2, 0.25) is 11.8 Å². The van der Waals surface area contributed by atoms with Gasteiger partial charge in [0.05, 0.1) is 26.3 Å². The maximum Gasteiger partial charge on any atom is 0.240 e. The van der Waals surface area contributed by atoms with Crippen molar-refractivity contribution in [1.29, 1.82) is 0 Å². The first-order valence-electron chi connectivity index (χ1n) is 8.75. The minimum atomic E-state index is -0.212. The van der Waals surface area contributed by atoms with Crippen LogP contribution in [0.4, 0.5) is 0 Å². The standard InChI is InChI=1S/C16H28N4O4/c1-11(19-6-15(21)18-16(22)7-19)12(2)20-4-3-17-5-14(20)13-8-23-10-24-9-13/h11-14,17H,3-10H2,1-2H3,(H,18,21,22). The molecule has 0 aromatic carbocycles. The Bertz CT molecular complexity index is 453. The minimum absolute atomic E-state index is 0.117. The van der Waals surface area contributed by atoms with Gasteiger partial charge >= 0.3 is 0 Å². The zero-order valence-corrected chi connectivity index (χ0v) is 14.5. The molecule has 3 unspecified atom stereocenters. The molecule has 0 bridgehead atoms. The van der Waals surface area contributed by atoms with Gasteiger partial charge in [0.25, 0.3) is 0 Å². The number of carbonyl (C=O) groups excluding carboxylic acids is 2. The van der Waals surface area contributed by atoms with E-state index in [0.717, 1.165) is 19.6 Å². The van der Waals surface area contributed by atoms with E-state index in [-0.39, 0.29) is 37.0 Å². The van der Waals surface area contributed by atoms with Crippen molar-refractivity contribution in [2.75, 3.05) is 52.7 Å². The maximum absolute atomic E-state index is 11.7. The minimum Gasteiger partial charge on any atom is -0.355 e. The third kappa shape index (κ3) is 3.94. The first-order valence-corrected chi connectivity index (χ1v) is 8.75. The second-order valence-corrected chi connectivity index (χ2v) is 6.99. The summed E-state index contributed by atoms with van der Waals surface area (Å²) in [6, 6.07) is 0.689. The number of piperazine rings is 2. The Hall–Kier alpha value is -1.06. The summed E-state index contributed by atoms with van der Waals surface area (Å²) in [6.45, 7) is 9.47. The second-order valence-electron chi connectivity index (χ2n) is 6.99. The monoisotopic (exact) mass is 340 g/mol. The summed E-state index contributed by atoms with van der Waals surface area (Å²) in [5.74, 6) is -0.0834. The fourth-order valence-electron chi connectivity index (χ4n) is 3.94. The largest absolute Gasteiger partial charge is 0.355 e. The van der Waals surface area contributed by atoms with Crippen LogP contribution in [0.2, 0.25) is 0 Å². The Morgan fingerprint density at radius 2 is 1.75 bits per heavy atom. The van der Waals surface area contributed by atoms with Gasteiger partial charge in [0, 0.05) is 43.7 Å². The fourth-order valence-corrected chi connectivity index (χ4v) is 3.94. The number of rotatable bonds is 4. The summed E-state index contributed by atoms with van der Waals surface area (Å²) in [7, 11) is 0.